The SMILES string of the molecule is OC/C(=C/n1cnc(-c2cc(C(F)(F)F)cc(C(F)(F)F)c2)n1)c1ccncc1. The number of alkyl halides is 6. The summed E-state index contributed by atoms with van der Waals surface area (Å²) in [5.41, 5.74) is -2.35. The number of pyridine rings is 1. The van der Waals surface area contributed by atoms with Crippen LogP contribution in [0.25, 0.3) is 23.2 Å². The highest BCUT2D eigenvalue weighted by atomic mass is 19.4. The quantitative estimate of drug-likeness (QED) is 0.644. The molecule has 1 N–H and O–H groups in total. The van der Waals surface area contributed by atoms with Crippen molar-refractivity contribution in [2.75, 3.05) is 6.61 Å². The van der Waals surface area contributed by atoms with E-state index < -0.39 is 29.0 Å². The maximum Gasteiger partial charge on any atom is 0.416 e. The zero-order chi connectivity index (χ0) is 21.2. The third kappa shape index (κ3) is 4.80. The molecule has 29 heavy (non-hydrogen) atoms. The largest absolute Gasteiger partial charge is 0.416 e. The van der Waals surface area contributed by atoms with Gasteiger partial charge in [-0.05, 0) is 35.9 Å². The van der Waals surface area contributed by atoms with E-state index in [-0.39, 0.29) is 18.5 Å². The van der Waals surface area contributed by atoms with Gasteiger partial charge in [0.2, 0.25) is 0 Å². The lowest BCUT2D eigenvalue weighted by Gasteiger charge is -2.13. The minimum atomic E-state index is -4.97. The van der Waals surface area contributed by atoms with E-state index in [1.54, 1.807) is 12.1 Å². The Morgan fingerprint density at radius 3 is 2.07 bits per heavy atom. The molecule has 0 spiro atoms. The normalized spacial score (nSPS) is 13.0. The third-order valence-electron chi connectivity index (χ3n) is 3.86. The lowest BCUT2D eigenvalue weighted by molar-refractivity contribution is -0.143. The van der Waals surface area contributed by atoms with Gasteiger partial charge in [0, 0.05) is 29.7 Å². The van der Waals surface area contributed by atoms with E-state index in [2.05, 4.69) is 15.1 Å². The zero-order valence-electron chi connectivity index (χ0n) is 14.4. The van der Waals surface area contributed by atoms with Crippen LogP contribution in [0.1, 0.15) is 16.7 Å². The van der Waals surface area contributed by atoms with Gasteiger partial charge in [0.1, 0.15) is 6.33 Å². The summed E-state index contributed by atoms with van der Waals surface area (Å²) in [6.45, 7) is -0.388. The number of nitrogens with zero attached hydrogens (tertiary/aromatic N) is 4. The van der Waals surface area contributed by atoms with Gasteiger partial charge in [-0.1, -0.05) is 0 Å². The van der Waals surface area contributed by atoms with Crippen molar-refractivity contribution in [1.82, 2.24) is 19.7 Å². The van der Waals surface area contributed by atoms with Crippen LogP contribution in [-0.2, 0) is 12.4 Å². The van der Waals surface area contributed by atoms with E-state index in [0.29, 0.717) is 23.3 Å². The van der Waals surface area contributed by atoms with Crippen molar-refractivity contribution in [3.8, 4) is 11.4 Å². The van der Waals surface area contributed by atoms with Gasteiger partial charge in [0.05, 0.1) is 17.7 Å². The predicted octanol–water partition coefficient (Wildman–Crippen LogP) is 4.37. The lowest BCUT2D eigenvalue weighted by Crippen LogP contribution is -2.11. The molecule has 1 aromatic carbocycles. The van der Waals surface area contributed by atoms with Crippen LogP contribution in [0.4, 0.5) is 26.3 Å². The number of aliphatic hydroxyl groups excluding tert-OH is 1. The molecule has 0 atom stereocenters. The summed E-state index contributed by atoms with van der Waals surface area (Å²) < 4.78 is 79.1. The molecule has 5 nitrogen and oxygen atoms in total. The van der Waals surface area contributed by atoms with Crippen molar-refractivity contribution in [3.05, 3.63) is 65.7 Å². The first kappa shape index (κ1) is 20.5. The first-order valence-electron chi connectivity index (χ1n) is 8.01. The molecule has 0 bridgehead atoms. The fourth-order valence-electron chi connectivity index (χ4n) is 2.49. The number of aromatic nitrogens is 4. The summed E-state index contributed by atoms with van der Waals surface area (Å²) in [6, 6.07) is 4.36. The van der Waals surface area contributed by atoms with Gasteiger partial charge in [0.15, 0.2) is 5.82 Å². The second-order valence-electron chi connectivity index (χ2n) is 5.89. The highest BCUT2D eigenvalue weighted by molar-refractivity contribution is 5.75. The molecule has 0 saturated carbocycles. The van der Waals surface area contributed by atoms with Crippen LogP contribution in [-0.4, -0.2) is 31.5 Å². The second kappa shape index (κ2) is 7.66. The Hall–Kier alpha value is -3.21. The summed E-state index contributed by atoms with van der Waals surface area (Å²) in [5, 5.41) is 13.4. The Morgan fingerprint density at radius 1 is 0.966 bits per heavy atom. The minimum absolute atomic E-state index is 0.0354. The predicted molar refractivity (Wildman–Crippen MR) is 91.0 cm³/mol. The molecular weight excluding hydrogens is 402 g/mol. The van der Waals surface area contributed by atoms with Gasteiger partial charge in [-0.3, -0.25) is 4.98 Å². The Labute approximate surface area is 160 Å². The van der Waals surface area contributed by atoms with Crippen molar-refractivity contribution >= 4 is 11.8 Å². The molecule has 0 aliphatic heterocycles. The van der Waals surface area contributed by atoms with E-state index in [1.165, 1.54) is 18.6 Å². The van der Waals surface area contributed by atoms with E-state index in [1.807, 2.05) is 0 Å². The monoisotopic (exact) mass is 414 g/mol. The average Bonchev–Trinajstić information content (AvgIpc) is 3.14. The van der Waals surface area contributed by atoms with Crippen LogP contribution >= 0.6 is 0 Å². The maximum atomic E-state index is 13.0. The van der Waals surface area contributed by atoms with Crippen LogP contribution in [0, 0.1) is 0 Å². The smallest absolute Gasteiger partial charge is 0.392 e. The van der Waals surface area contributed by atoms with Crippen molar-refractivity contribution in [2.45, 2.75) is 12.4 Å². The van der Waals surface area contributed by atoms with Crippen molar-refractivity contribution < 1.29 is 31.4 Å². The first-order chi connectivity index (χ1) is 13.6. The molecule has 0 fully saturated rings. The van der Waals surface area contributed by atoms with Crippen LogP contribution in [0.3, 0.4) is 0 Å². The summed E-state index contributed by atoms with van der Waals surface area (Å²) in [7, 11) is 0. The summed E-state index contributed by atoms with van der Waals surface area (Å²) in [6.07, 6.45) is -4.49. The Balaban J connectivity index is 2.03. The summed E-state index contributed by atoms with van der Waals surface area (Å²) in [5.74, 6) is -0.329. The van der Waals surface area contributed by atoms with Crippen LogP contribution in [0.15, 0.2) is 49.1 Å². The van der Waals surface area contributed by atoms with Gasteiger partial charge in [-0.15, -0.1) is 5.10 Å². The third-order valence-corrected chi connectivity index (χ3v) is 3.86. The number of hydrogen-bond acceptors (Lipinski definition) is 4. The van der Waals surface area contributed by atoms with Gasteiger partial charge in [-0.2, -0.15) is 26.3 Å². The molecule has 0 aliphatic carbocycles. The molecule has 0 saturated heterocycles. The molecule has 0 unspecified atom stereocenters. The Bertz CT molecular complexity index is 993. The van der Waals surface area contributed by atoms with E-state index >= 15 is 0 Å². The minimum Gasteiger partial charge on any atom is -0.392 e. The molecule has 11 heteroatoms. The summed E-state index contributed by atoms with van der Waals surface area (Å²) in [4.78, 5) is 7.63. The Kier molecular flexibility index (Phi) is 5.42. The topological polar surface area (TPSA) is 63.8 Å². The molecule has 0 amide bonds. The standard InChI is InChI=1S/C18H12F6N4O/c19-17(20,21)14-5-12(6-15(7-14)18(22,23)24)16-26-10-28(27-16)8-13(9-29)11-1-3-25-4-2-11/h1-8,10,29H,9H2/b13-8-. The first-order valence-corrected chi connectivity index (χ1v) is 8.01. The second-order valence-corrected chi connectivity index (χ2v) is 5.89. The highest BCUT2D eigenvalue weighted by Gasteiger charge is 2.37. The molecule has 2 heterocycles. The fourth-order valence-corrected chi connectivity index (χ4v) is 2.49. The average molecular weight is 414 g/mol. The molecular formula is C18H12F6N4O. The van der Waals surface area contributed by atoms with Crippen LogP contribution in [0.2, 0.25) is 0 Å². The number of aliphatic hydroxyl groups is 1. The van der Waals surface area contributed by atoms with Crippen LogP contribution in [0.5, 0.6) is 0 Å². The van der Waals surface area contributed by atoms with Crippen molar-refractivity contribution in [2.24, 2.45) is 0 Å². The van der Waals surface area contributed by atoms with Crippen molar-refractivity contribution in [1.29, 1.82) is 0 Å². The van der Waals surface area contributed by atoms with E-state index in [0.717, 1.165) is 11.0 Å². The molecule has 3 rings (SSSR count). The van der Waals surface area contributed by atoms with E-state index in [4.69, 9.17) is 0 Å². The molecule has 0 radical (unpaired) electrons. The van der Waals surface area contributed by atoms with Crippen LogP contribution < -0.4 is 0 Å². The number of halogens is 6. The van der Waals surface area contributed by atoms with Gasteiger partial charge in [-0.25, -0.2) is 9.67 Å². The summed E-state index contributed by atoms with van der Waals surface area (Å²) >= 11 is 0. The van der Waals surface area contributed by atoms with Crippen molar-refractivity contribution in [3.63, 3.8) is 0 Å². The number of hydrogen-bond donors (Lipinski definition) is 1. The Morgan fingerprint density at radius 2 is 1.55 bits per heavy atom. The highest BCUT2D eigenvalue weighted by Crippen LogP contribution is 2.38. The molecule has 0 aliphatic rings. The number of rotatable bonds is 4. The van der Waals surface area contributed by atoms with Gasteiger partial charge >= 0.3 is 12.4 Å². The maximum absolute atomic E-state index is 13.0. The van der Waals surface area contributed by atoms with Gasteiger partial charge < -0.3 is 5.11 Å². The zero-order valence-corrected chi connectivity index (χ0v) is 14.4. The molecule has 2 aromatic heterocycles. The molecule has 152 valence electrons. The van der Waals surface area contributed by atoms with Gasteiger partial charge in [0.25, 0.3) is 0 Å². The molecule has 3 aromatic rings. The number of benzene rings is 1. The van der Waals surface area contributed by atoms with E-state index in [9.17, 15) is 31.4 Å². The fraction of sp³-hybridized carbons (Fsp3) is 0.167. The lowest BCUT2D eigenvalue weighted by atomic mass is 10.0.